The van der Waals surface area contributed by atoms with Crippen LogP contribution >= 0.6 is 0 Å². The third-order valence-electron chi connectivity index (χ3n) is 1.28. The Bertz CT molecular complexity index is 220. The van der Waals surface area contributed by atoms with Crippen LogP contribution in [0.5, 0.6) is 0 Å². The molecule has 0 fully saturated rings. The molecular weight excluding hydrogens is 109 g/mol. The third kappa shape index (κ3) is 1.32. The molecule has 2 heteroatoms. The van der Waals surface area contributed by atoms with Gasteiger partial charge >= 0.3 is 0 Å². The van der Waals surface area contributed by atoms with E-state index in [4.69, 9.17) is 7.85 Å². The van der Waals surface area contributed by atoms with Crippen LogP contribution in [-0.2, 0) is 0 Å². The van der Waals surface area contributed by atoms with Crippen molar-refractivity contribution in [2.24, 2.45) is 0 Å². The minimum atomic E-state index is 0.822. The summed E-state index contributed by atoms with van der Waals surface area (Å²) in [6.45, 7) is 3.87. The molecule has 1 heterocycles. The molecule has 1 nitrogen and oxygen atoms in total. The van der Waals surface area contributed by atoms with E-state index in [1.165, 1.54) is 0 Å². The van der Waals surface area contributed by atoms with E-state index in [0.717, 1.165) is 16.7 Å². The van der Waals surface area contributed by atoms with Crippen LogP contribution in [-0.4, -0.2) is 12.8 Å². The molecule has 0 aliphatic rings. The van der Waals surface area contributed by atoms with Gasteiger partial charge in [0.2, 0.25) is 0 Å². The first-order valence-electron chi connectivity index (χ1n) is 2.89. The van der Waals surface area contributed by atoms with Crippen LogP contribution in [0.4, 0.5) is 0 Å². The van der Waals surface area contributed by atoms with Crippen LogP contribution in [0, 0.1) is 13.8 Å². The van der Waals surface area contributed by atoms with E-state index in [0.29, 0.717) is 0 Å². The summed E-state index contributed by atoms with van der Waals surface area (Å²) in [7, 11) is 5.58. The largest absolute Gasteiger partial charge is 0.261 e. The molecule has 1 aromatic heterocycles. The van der Waals surface area contributed by atoms with E-state index in [1.807, 2.05) is 19.9 Å². The van der Waals surface area contributed by atoms with Crippen molar-refractivity contribution in [2.45, 2.75) is 13.8 Å². The highest BCUT2D eigenvalue weighted by molar-refractivity contribution is 6.33. The molecule has 0 bridgehead atoms. The quantitative estimate of drug-likeness (QED) is 0.450. The fourth-order valence-corrected chi connectivity index (χ4v) is 0.649. The maximum atomic E-state index is 5.58. The Balaban J connectivity index is 3.17. The second-order valence-electron chi connectivity index (χ2n) is 2.18. The number of rotatable bonds is 0. The fraction of sp³-hybridized carbons (Fsp3) is 0.286. The van der Waals surface area contributed by atoms with Gasteiger partial charge in [0.25, 0.3) is 0 Å². The molecule has 0 aliphatic heterocycles. The van der Waals surface area contributed by atoms with Gasteiger partial charge in [-0.2, -0.15) is 0 Å². The summed E-state index contributed by atoms with van der Waals surface area (Å²) in [6.07, 6.45) is 1.78. The Labute approximate surface area is 56.5 Å². The molecule has 1 aromatic rings. The zero-order valence-corrected chi connectivity index (χ0v) is 5.68. The van der Waals surface area contributed by atoms with E-state index in [9.17, 15) is 0 Å². The summed E-state index contributed by atoms with van der Waals surface area (Å²) < 4.78 is 0. The molecule has 2 radical (unpaired) electrons. The highest BCUT2D eigenvalue weighted by Gasteiger charge is 1.89. The van der Waals surface area contributed by atoms with Gasteiger partial charge in [0.1, 0.15) is 7.85 Å². The predicted molar refractivity (Wildman–Crippen MR) is 39.1 cm³/mol. The molecule has 0 aliphatic carbocycles. The zero-order valence-electron chi connectivity index (χ0n) is 5.68. The van der Waals surface area contributed by atoms with Gasteiger partial charge < -0.3 is 0 Å². The van der Waals surface area contributed by atoms with Crippen molar-refractivity contribution in [1.29, 1.82) is 0 Å². The normalized spacial score (nSPS) is 9.56. The molecule has 0 saturated heterocycles. The van der Waals surface area contributed by atoms with Crippen molar-refractivity contribution in [3.8, 4) is 0 Å². The lowest BCUT2D eigenvalue weighted by Gasteiger charge is -1.98. The maximum absolute atomic E-state index is 5.58. The van der Waals surface area contributed by atoms with E-state index in [-0.39, 0.29) is 0 Å². The molecule has 0 amide bonds. The summed E-state index contributed by atoms with van der Waals surface area (Å²) in [6, 6.07) is 1.87. The van der Waals surface area contributed by atoms with Crippen molar-refractivity contribution in [2.75, 3.05) is 0 Å². The molecule has 0 saturated carbocycles. The molecule has 0 N–H and O–H groups in total. The first-order chi connectivity index (χ1) is 4.20. The SMILES string of the molecule is [B]c1cc(C)ncc1C. The molecule has 44 valence electrons. The zero-order chi connectivity index (χ0) is 6.85. The van der Waals surface area contributed by atoms with Crippen LogP contribution in [0.3, 0.4) is 0 Å². The van der Waals surface area contributed by atoms with E-state index < -0.39 is 0 Å². The molecule has 1 rings (SSSR count). The summed E-state index contributed by atoms with van der Waals surface area (Å²) in [5.41, 5.74) is 2.83. The molecular formula is C7H8BN. The van der Waals surface area contributed by atoms with Crippen LogP contribution in [0.15, 0.2) is 12.3 Å². The number of pyridine rings is 1. The van der Waals surface area contributed by atoms with Crippen molar-refractivity contribution >= 4 is 13.3 Å². The average molecular weight is 117 g/mol. The van der Waals surface area contributed by atoms with E-state index in [2.05, 4.69) is 4.98 Å². The van der Waals surface area contributed by atoms with Gasteiger partial charge in [-0.25, -0.2) is 0 Å². The summed E-state index contributed by atoms with van der Waals surface area (Å²) >= 11 is 0. The summed E-state index contributed by atoms with van der Waals surface area (Å²) in [5.74, 6) is 0. The second-order valence-corrected chi connectivity index (χ2v) is 2.18. The highest BCUT2D eigenvalue weighted by Crippen LogP contribution is 1.91. The number of hydrogen-bond acceptors (Lipinski definition) is 1. The average Bonchev–Trinajstić information content (AvgIpc) is 1.80. The van der Waals surface area contributed by atoms with Gasteiger partial charge in [-0.05, 0) is 25.5 Å². The number of nitrogens with zero attached hydrogens (tertiary/aromatic N) is 1. The molecule has 0 atom stereocenters. The lowest BCUT2D eigenvalue weighted by molar-refractivity contribution is 1.18. The fourth-order valence-electron chi connectivity index (χ4n) is 0.649. The van der Waals surface area contributed by atoms with E-state index >= 15 is 0 Å². The van der Waals surface area contributed by atoms with Gasteiger partial charge in [0.05, 0.1) is 0 Å². The first-order valence-corrected chi connectivity index (χ1v) is 2.89. The van der Waals surface area contributed by atoms with Crippen LogP contribution in [0.25, 0.3) is 0 Å². The van der Waals surface area contributed by atoms with Gasteiger partial charge in [0, 0.05) is 11.9 Å². The number of aryl methyl sites for hydroxylation is 2. The second kappa shape index (κ2) is 2.22. The Hall–Kier alpha value is -0.785. The van der Waals surface area contributed by atoms with Gasteiger partial charge in [-0.1, -0.05) is 5.46 Å². The van der Waals surface area contributed by atoms with Gasteiger partial charge in [0.15, 0.2) is 0 Å². The Morgan fingerprint density at radius 3 is 2.56 bits per heavy atom. The number of hydrogen-bond donors (Lipinski definition) is 0. The smallest absolute Gasteiger partial charge is 0.114 e. The number of aromatic nitrogens is 1. The van der Waals surface area contributed by atoms with Crippen LogP contribution in [0.2, 0.25) is 0 Å². The van der Waals surface area contributed by atoms with Crippen LogP contribution < -0.4 is 5.46 Å². The topological polar surface area (TPSA) is 12.9 Å². The van der Waals surface area contributed by atoms with Gasteiger partial charge in [-0.15, -0.1) is 0 Å². The molecule has 0 spiro atoms. The predicted octanol–water partition coefficient (Wildman–Crippen LogP) is 0.492. The van der Waals surface area contributed by atoms with Crippen LogP contribution in [0.1, 0.15) is 11.3 Å². The van der Waals surface area contributed by atoms with Crippen molar-refractivity contribution in [3.63, 3.8) is 0 Å². The van der Waals surface area contributed by atoms with Crippen molar-refractivity contribution < 1.29 is 0 Å². The van der Waals surface area contributed by atoms with Gasteiger partial charge in [-0.3, -0.25) is 4.98 Å². The lowest BCUT2D eigenvalue weighted by atomic mass is 9.92. The molecule has 9 heavy (non-hydrogen) atoms. The highest BCUT2D eigenvalue weighted by atomic mass is 14.7. The van der Waals surface area contributed by atoms with Crippen molar-refractivity contribution in [1.82, 2.24) is 4.98 Å². The lowest BCUT2D eigenvalue weighted by Crippen LogP contribution is -2.07. The third-order valence-corrected chi connectivity index (χ3v) is 1.28. The Morgan fingerprint density at radius 2 is 2.11 bits per heavy atom. The molecule has 0 unspecified atom stereocenters. The summed E-state index contributed by atoms with van der Waals surface area (Å²) in [5, 5.41) is 0. The Morgan fingerprint density at radius 1 is 1.44 bits per heavy atom. The Kier molecular flexibility index (Phi) is 1.56. The van der Waals surface area contributed by atoms with E-state index in [1.54, 1.807) is 6.20 Å². The van der Waals surface area contributed by atoms with Crippen molar-refractivity contribution in [3.05, 3.63) is 23.5 Å². The summed E-state index contributed by atoms with van der Waals surface area (Å²) in [4.78, 5) is 4.06. The first kappa shape index (κ1) is 6.34. The monoisotopic (exact) mass is 117 g/mol. The molecule has 0 aromatic carbocycles. The minimum Gasteiger partial charge on any atom is -0.261 e. The standard InChI is InChI=1S/C7H8BN/c1-5-4-9-6(2)3-7(5)8/h3-4H,1-2H3. The maximum Gasteiger partial charge on any atom is 0.114 e. The minimum absolute atomic E-state index is 0.822.